The fourth-order valence-corrected chi connectivity index (χ4v) is 2.61. The van der Waals surface area contributed by atoms with Crippen LogP contribution in [-0.4, -0.2) is 12.6 Å². The van der Waals surface area contributed by atoms with Gasteiger partial charge >= 0.3 is 5.97 Å². The van der Waals surface area contributed by atoms with Crippen molar-refractivity contribution < 1.29 is 14.3 Å². The molecule has 3 heteroatoms. The first-order valence-corrected chi connectivity index (χ1v) is 6.72. The minimum absolute atomic E-state index is 0.335. The lowest BCUT2D eigenvalue weighted by molar-refractivity contribution is -0.161. The predicted molar refractivity (Wildman–Crippen MR) is 76.5 cm³/mol. The molecule has 3 nitrogen and oxygen atoms in total. The summed E-state index contributed by atoms with van der Waals surface area (Å²) in [6, 6.07) is 15.5. The molecule has 1 atom stereocenters. The first kappa shape index (κ1) is 12.7. The molecule has 0 fully saturated rings. The zero-order valence-electron chi connectivity index (χ0n) is 11.6. The monoisotopic (exact) mass is 268 g/mol. The van der Waals surface area contributed by atoms with Crippen molar-refractivity contribution in [1.82, 2.24) is 0 Å². The number of carbonyl (C=O) groups is 1. The second-order valence-electron chi connectivity index (χ2n) is 4.90. The van der Waals surface area contributed by atoms with Gasteiger partial charge in [-0.1, -0.05) is 42.5 Å². The predicted octanol–water partition coefficient (Wildman–Crippen LogP) is 3.52. The van der Waals surface area contributed by atoms with Crippen LogP contribution in [0.3, 0.4) is 0 Å². The van der Waals surface area contributed by atoms with E-state index < -0.39 is 5.60 Å². The van der Waals surface area contributed by atoms with Crippen LogP contribution in [0.5, 0.6) is 5.75 Å². The van der Waals surface area contributed by atoms with Gasteiger partial charge < -0.3 is 9.47 Å². The maximum atomic E-state index is 12.3. The van der Waals surface area contributed by atoms with E-state index in [1.165, 1.54) is 0 Å². The number of carbonyl (C=O) groups excluding carboxylic acids is 1. The van der Waals surface area contributed by atoms with Gasteiger partial charge in [-0.2, -0.15) is 0 Å². The molecule has 0 saturated heterocycles. The van der Waals surface area contributed by atoms with Crippen molar-refractivity contribution in [3.8, 4) is 16.9 Å². The van der Waals surface area contributed by atoms with E-state index in [-0.39, 0.29) is 5.97 Å². The van der Waals surface area contributed by atoms with Crippen LogP contribution in [0, 0.1) is 0 Å². The first-order valence-electron chi connectivity index (χ1n) is 6.72. The van der Waals surface area contributed by atoms with Gasteiger partial charge in [-0.05, 0) is 25.5 Å². The summed E-state index contributed by atoms with van der Waals surface area (Å²) in [4.78, 5) is 12.3. The van der Waals surface area contributed by atoms with Gasteiger partial charge in [0.1, 0.15) is 5.75 Å². The van der Waals surface area contributed by atoms with Crippen molar-refractivity contribution in [2.24, 2.45) is 0 Å². The van der Waals surface area contributed by atoms with E-state index in [0.717, 1.165) is 16.7 Å². The number of hydrogen-bond donors (Lipinski definition) is 0. The fraction of sp³-hybridized carbons (Fsp3) is 0.235. The molecule has 1 aliphatic rings. The molecule has 3 rings (SSSR count). The molecule has 0 amide bonds. The summed E-state index contributed by atoms with van der Waals surface area (Å²) < 4.78 is 11.2. The van der Waals surface area contributed by atoms with Gasteiger partial charge in [0.2, 0.25) is 5.60 Å². The molecule has 0 spiro atoms. The molecule has 0 N–H and O–H groups in total. The molecular weight excluding hydrogens is 252 g/mol. The molecule has 0 aromatic heterocycles. The van der Waals surface area contributed by atoms with Crippen LogP contribution >= 0.6 is 0 Å². The van der Waals surface area contributed by atoms with Crippen LogP contribution in [0.1, 0.15) is 19.4 Å². The Morgan fingerprint density at radius 3 is 2.50 bits per heavy atom. The summed E-state index contributed by atoms with van der Waals surface area (Å²) in [5.74, 6) is 0.351. The molecule has 2 aromatic carbocycles. The number of benzene rings is 2. The van der Waals surface area contributed by atoms with Crippen LogP contribution in [0.25, 0.3) is 11.1 Å². The zero-order valence-corrected chi connectivity index (χ0v) is 11.6. The van der Waals surface area contributed by atoms with Gasteiger partial charge in [-0.15, -0.1) is 0 Å². The lowest BCUT2D eigenvalue weighted by atomic mass is 9.85. The Bertz CT molecular complexity index is 663. The first-order chi connectivity index (χ1) is 9.66. The third-order valence-electron chi connectivity index (χ3n) is 3.60. The highest BCUT2D eigenvalue weighted by Crippen LogP contribution is 2.45. The lowest BCUT2D eigenvalue weighted by Crippen LogP contribution is -2.42. The highest BCUT2D eigenvalue weighted by Gasteiger charge is 2.44. The van der Waals surface area contributed by atoms with Crippen molar-refractivity contribution in [2.75, 3.05) is 6.61 Å². The summed E-state index contributed by atoms with van der Waals surface area (Å²) in [5, 5.41) is 0. The van der Waals surface area contributed by atoms with Crippen molar-refractivity contribution in [2.45, 2.75) is 19.4 Å². The van der Waals surface area contributed by atoms with Gasteiger partial charge in [0.15, 0.2) is 0 Å². The van der Waals surface area contributed by atoms with Crippen LogP contribution in [0.15, 0.2) is 48.5 Å². The molecule has 1 heterocycles. The Labute approximate surface area is 118 Å². The van der Waals surface area contributed by atoms with E-state index in [2.05, 4.69) is 0 Å². The summed E-state index contributed by atoms with van der Waals surface area (Å²) in [5.41, 5.74) is 1.77. The Morgan fingerprint density at radius 1 is 1.10 bits per heavy atom. The number of hydrogen-bond acceptors (Lipinski definition) is 3. The van der Waals surface area contributed by atoms with Gasteiger partial charge in [-0.3, -0.25) is 0 Å². The molecule has 2 aromatic rings. The standard InChI is InChI=1S/C17H16O3/c1-3-19-16(18)17(2)14-10-6-4-8-12(14)13-9-5-7-11-15(13)20-17/h4-11H,3H2,1-2H3. The minimum atomic E-state index is -1.10. The average molecular weight is 268 g/mol. The molecular formula is C17H16O3. The van der Waals surface area contributed by atoms with E-state index in [9.17, 15) is 4.79 Å². The van der Waals surface area contributed by atoms with Gasteiger partial charge in [0.05, 0.1) is 6.61 Å². The van der Waals surface area contributed by atoms with E-state index >= 15 is 0 Å². The smallest absolute Gasteiger partial charge is 0.354 e. The largest absolute Gasteiger partial charge is 0.470 e. The average Bonchev–Trinajstić information content (AvgIpc) is 2.48. The van der Waals surface area contributed by atoms with Crippen molar-refractivity contribution >= 4 is 5.97 Å². The second kappa shape index (κ2) is 4.67. The minimum Gasteiger partial charge on any atom is -0.470 e. The molecule has 0 aliphatic carbocycles. The molecule has 0 saturated carbocycles. The summed E-state index contributed by atoms with van der Waals surface area (Å²) in [6.45, 7) is 3.89. The second-order valence-corrected chi connectivity index (χ2v) is 4.90. The molecule has 0 bridgehead atoms. The van der Waals surface area contributed by atoms with Gasteiger partial charge in [0, 0.05) is 11.1 Å². The Balaban J connectivity index is 2.20. The van der Waals surface area contributed by atoms with E-state index in [1.807, 2.05) is 48.5 Å². The zero-order chi connectivity index (χ0) is 14.2. The Kier molecular flexibility index (Phi) is 2.97. The number of fused-ring (bicyclic) bond motifs is 3. The lowest BCUT2D eigenvalue weighted by Gasteiger charge is -2.35. The summed E-state index contributed by atoms with van der Waals surface area (Å²) >= 11 is 0. The number of esters is 1. The number of para-hydroxylation sites is 1. The molecule has 20 heavy (non-hydrogen) atoms. The third-order valence-corrected chi connectivity index (χ3v) is 3.60. The molecule has 1 unspecified atom stereocenters. The topological polar surface area (TPSA) is 35.5 Å². The van der Waals surface area contributed by atoms with Crippen LogP contribution in [-0.2, 0) is 15.1 Å². The summed E-state index contributed by atoms with van der Waals surface area (Å²) in [7, 11) is 0. The molecule has 1 aliphatic heterocycles. The van der Waals surface area contributed by atoms with E-state index in [0.29, 0.717) is 12.4 Å². The van der Waals surface area contributed by atoms with Crippen molar-refractivity contribution in [3.63, 3.8) is 0 Å². The highest BCUT2D eigenvalue weighted by molar-refractivity contribution is 5.88. The van der Waals surface area contributed by atoms with Crippen LogP contribution in [0.2, 0.25) is 0 Å². The van der Waals surface area contributed by atoms with Gasteiger partial charge in [-0.25, -0.2) is 4.79 Å². The van der Waals surface area contributed by atoms with Crippen LogP contribution in [0.4, 0.5) is 0 Å². The quantitative estimate of drug-likeness (QED) is 0.782. The maximum absolute atomic E-state index is 12.3. The maximum Gasteiger partial charge on any atom is 0.354 e. The Hall–Kier alpha value is -2.29. The SMILES string of the molecule is CCOC(=O)C1(C)Oc2ccccc2-c2ccccc21. The number of rotatable bonds is 2. The van der Waals surface area contributed by atoms with Crippen LogP contribution < -0.4 is 4.74 Å². The third kappa shape index (κ3) is 1.78. The van der Waals surface area contributed by atoms with E-state index in [4.69, 9.17) is 9.47 Å². The summed E-state index contributed by atoms with van der Waals surface area (Å²) in [6.07, 6.45) is 0. The molecule has 102 valence electrons. The van der Waals surface area contributed by atoms with Crippen molar-refractivity contribution in [1.29, 1.82) is 0 Å². The number of ether oxygens (including phenoxy) is 2. The Morgan fingerprint density at radius 2 is 1.75 bits per heavy atom. The molecule has 0 radical (unpaired) electrons. The van der Waals surface area contributed by atoms with E-state index in [1.54, 1.807) is 13.8 Å². The van der Waals surface area contributed by atoms with Gasteiger partial charge in [0.25, 0.3) is 0 Å². The normalized spacial score (nSPS) is 19.5. The highest BCUT2D eigenvalue weighted by atomic mass is 16.6. The fourth-order valence-electron chi connectivity index (χ4n) is 2.61. The van der Waals surface area contributed by atoms with Crippen molar-refractivity contribution in [3.05, 3.63) is 54.1 Å².